The molecule has 5 nitrogen and oxygen atoms in total. The average Bonchev–Trinajstić information content (AvgIpc) is 2.56. The molecule has 1 unspecified atom stereocenters. The van der Waals surface area contributed by atoms with Gasteiger partial charge in [0.05, 0.1) is 18.5 Å². The topological polar surface area (TPSA) is 53.3 Å². The molecule has 0 aliphatic rings. The summed E-state index contributed by atoms with van der Waals surface area (Å²) in [6.45, 7) is 2.82. The summed E-state index contributed by atoms with van der Waals surface area (Å²) in [5, 5.41) is 12.1. The second-order valence-corrected chi connectivity index (χ2v) is 3.97. The quantitative estimate of drug-likeness (QED) is 0.719. The van der Waals surface area contributed by atoms with Crippen LogP contribution < -0.4 is 10.2 Å². The Morgan fingerprint density at radius 3 is 2.73 bits per heavy atom. The number of imidazole rings is 1. The molecule has 0 bridgehead atoms. The Hall–Kier alpha value is -1.07. The van der Waals surface area contributed by atoms with E-state index in [9.17, 15) is 0 Å². The molecule has 15 heavy (non-hydrogen) atoms. The summed E-state index contributed by atoms with van der Waals surface area (Å²) in [7, 11) is 5.93. The van der Waals surface area contributed by atoms with Crippen LogP contribution in [0.15, 0.2) is 6.20 Å². The lowest BCUT2D eigenvalue weighted by Gasteiger charge is -2.14. The van der Waals surface area contributed by atoms with Crippen molar-refractivity contribution in [2.24, 2.45) is 7.05 Å². The van der Waals surface area contributed by atoms with Gasteiger partial charge in [0.25, 0.3) is 0 Å². The molecule has 1 aromatic heterocycles. The highest BCUT2D eigenvalue weighted by atomic mass is 16.3. The molecule has 0 aliphatic heterocycles. The second kappa shape index (κ2) is 5.14. The summed E-state index contributed by atoms with van der Waals surface area (Å²) in [6.07, 6.45) is 1.85. The molecular formula is C10H20N4O. The van der Waals surface area contributed by atoms with E-state index >= 15 is 0 Å². The molecule has 0 radical (unpaired) electrons. The number of hydrogen-bond donors (Lipinski definition) is 2. The molecule has 86 valence electrons. The summed E-state index contributed by atoms with van der Waals surface area (Å²) >= 11 is 0. The van der Waals surface area contributed by atoms with Crippen molar-refractivity contribution in [3.63, 3.8) is 0 Å². The Morgan fingerprint density at radius 2 is 2.27 bits per heavy atom. The van der Waals surface area contributed by atoms with Crippen molar-refractivity contribution in [2.75, 3.05) is 25.6 Å². The molecular weight excluding hydrogens is 192 g/mol. The number of rotatable bonds is 5. The van der Waals surface area contributed by atoms with Crippen LogP contribution in [0.4, 0.5) is 5.95 Å². The van der Waals surface area contributed by atoms with Crippen molar-refractivity contribution in [3.05, 3.63) is 11.9 Å². The smallest absolute Gasteiger partial charge is 0.204 e. The Bertz CT molecular complexity index is 308. The minimum absolute atomic E-state index is 0.114. The minimum atomic E-state index is 0.114. The van der Waals surface area contributed by atoms with E-state index in [4.69, 9.17) is 5.11 Å². The SMILES string of the molecule is CC(CO)NCc1cnc(N(C)C)n1C. The van der Waals surface area contributed by atoms with Crippen molar-refractivity contribution in [3.8, 4) is 0 Å². The fraction of sp³-hybridized carbons (Fsp3) is 0.700. The molecule has 0 amide bonds. The Balaban J connectivity index is 2.62. The third-order valence-corrected chi connectivity index (χ3v) is 2.37. The molecule has 0 spiro atoms. The minimum Gasteiger partial charge on any atom is -0.395 e. The van der Waals surface area contributed by atoms with Crippen molar-refractivity contribution in [1.82, 2.24) is 14.9 Å². The van der Waals surface area contributed by atoms with Gasteiger partial charge in [-0.15, -0.1) is 0 Å². The van der Waals surface area contributed by atoms with Gasteiger partial charge in [0.15, 0.2) is 0 Å². The molecule has 1 rings (SSSR count). The standard InChI is InChI=1S/C10H20N4O/c1-8(7-15)11-5-9-6-12-10(13(2)3)14(9)4/h6,8,11,15H,5,7H2,1-4H3. The van der Waals surface area contributed by atoms with Crippen LogP contribution >= 0.6 is 0 Å². The van der Waals surface area contributed by atoms with Gasteiger partial charge in [0.2, 0.25) is 5.95 Å². The number of anilines is 1. The van der Waals surface area contributed by atoms with Gasteiger partial charge in [-0.25, -0.2) is 4.98 Å². The molecule has 2 N–H and O–H groups in total. The van der Waals surface area contributed by atoms with E-state index in [2.05, 4.69) is 10.3 Å². The lowest BCUT2D eigenvalue weighted by molar-refractivity contribution is 0.250. The maximum absolute atomic E-state index is 8.88. The largest absolute Gasteiger partial charge is 0.395 e. The van der Waals surface area contributed by atoms with Crippen LogP contribution in [0.5, 0.6) is 0 Å². The summed E-state index contributed by atoms with van der Waals surface area (Å²) in [5.41, 5.74) is 1.11. The Morgan fingerprint density at radius 1 is 1.60 bits per heavy atom. The summed E-state index contributed by atoms with van der Waals surface area (Å²) < 4.78 is 2.04. The van der Waals surface area contributed by atoms with Gasteiger partial charge in [0.1, 0.15) is 0 Å². The first kappa shape index (κ1) is 12.0. The van der Waals surface area contributed by atoms with Crippen molar-refractivity contribution >= 4 is 5.95 Å². The molecule has 1 aromatic rings. The fourth-order valence-corrected chi connectivity index (χ4v) is 1.36. The molecule has 0 saturated heterocycles. The first-order chi connectivity index (χ1) is 7.06. The van der Waals surface area contributed by atoms with Crippen LogP contribution in [0, 0.1) is 0 Å². The average molecular weight is 212 g/mol. The molecule has 0 saturated carbocycles. The van der Waals surface area contributed by atoms with Gasteiger partial charge in [0, 0.05) is 33.7 Å². The van der Waals surface area contributed by atoms with E-state index in [0.717, 1.165) is 18.2 Å². The Kier molecular flexibility index (Phi) is 4.11. The first-order valence-electron chi connectivity index (χ1n) is 5.08. The van der Waals surface area contributed by atoms with Crippen LogP contribution in [0.1, 0.15) is 12.6 Å². The number of nitrogens with zero attached hydrogens (tertiary/aromatic N) is 3. The highest BCUT2D eigenvalue weighted by Crippen LogP contribution is 2.10. The fourth-order valence-electron chi connectivity index (χ4n) is 1.36. The number of aliphatic hydroxyl groups is 1. The normalized spacial score (nSPS) is 12.9. The molecule has 0 aliphatic carbocycles. The number of hydrogen-bond acceptors (Lipinski definition) is 4. The molecule has 0 aromatic carbocycles. The van der Waals surface area contributed by atoms with Crippen molar-refractivity contribution in [2.45, 2.75) is 19.5 Å². The summed E-state index contributed by atoms with van der Waals surface area (Å²) in [6, 6.07) is 0.114. The number of aliphatic hydroxyl groups excluding tert-OH is 1. The maximum Gasteiger partial charge on any atom is 0.204 e. The molecule has 0 fully saturated rings. The summed E-state index contributed by atoms with van der Waals surface area (Å²) in [4.78, 5) is 6.28. The third-order valence-electron chi connectivity index (χ3n) is 2.37. The van der Waals surface area contributed by atoms with Crippen molar-refractivity contribution < 1.29 is 5.11 Å². The van der Waals surface area contributed by atoms with E-state index < -0.39 is 0 Å². The second-order valence-electron chi connectivity index (χ2n) is 3.97. The zero-order chi connectivity index (χ0) is 11.4. The lowest BCUT2D eigenvalue weighted by atomic mass is 10.3. The van der Waals surface area contributed by atoms with Crippen molar-refractivity contribution in [1.29, 1.82) is 0 Å². The highest BCUT2D eigenvalue weighted by molar-refractivity contribution is 5.30. The van der Waals surface area contributed by atoms with Crippen LogP contribution in [0.3, 0.4) is 0 Å². The van der Waals surface area contributed by atoms with Crippen LogP contribution in [0.25, 0.3) is 0 Å². The van der Waals surface area contributed by atoms with Gasteiger partial charge in [-0.1, -0.05) is 0 Å². The van der Waals surface area contributed by atoms with E-state index in [-0.39, 0.29) is 12.6 Å². The van der Waals surface area contributed by atoms with E-state index in [1.807, 2.05) is 43.7 Å². The molecule has 5 heteroatoms. The zero-order valence-electron chi connectivity index (χ0n) is 9.86. The maximum atomic E-state index is 8.88. The van der Waals surface area contributed by atoms with Crippen LogP contribution in [-0.2, 0) is 13.6 Å². The van der Waals surface area contributed by atoms with Gasteiger partial charge in [-0.2, -0.15) is 0 Å². The van der Waals surface area contributed by atoms with E-state index in [0.29, 0.717) is 0 Å². The van der Waals surface area contributed by atoms with E-state index in [1.54, 1.807) is 0 Å². The van der Waals surface area contributed by atoms with Gasteiger partial charge in [-0.3, -0.25) is 0 Å². The predicted molar refractivity (Wildman–Crippen MR) is 60.9 cm³/mol. The zero-order valence-corrected chi connectivity index (χ0v) is 9.86. The number of nitrogens with one attached hydrogen (secondary N) is 1. The Labute approximate surface area is 90.7 Å². The number of aromatic nitrogens is 2. The highest BCUT2D eigenvalue weighted by Gasteiger charge is 2.08. The lowest BCUT2D eigenvalue weighted by Crippen LogP contribution is -2.29. The van der Waals surface area contributed by atoms with Crippen LogP contribution in [-0.4, -0.2) is 41.4 Å². The van der Waals surface area contributed by atoms with Crippen LogP contribution in [0.2, 0.25) is 0 Å². The van der Waals surface area contributed by atoms with Gasteiger partial charge >= 0.3 is 0 Å². The van der Waals surface area contributed by atoms with Gasteiger partial charge < -0.3 is 19.9 Å². The summed E-state index contributed by atoms with van der Waals surface area (Å²) in [5.74, 6) is 0.934. The monoisotopic (exact) mass is 212 g/mol. The van der Waals surface area contributed by atoms with Gasteiger partial charge in [-0.05, 0) is 6.92 Å². The predicted octanol–water partition coefficient (Wildman–Crippen LogP) is -0.0435. The third kappa shape index (κ3) is 2.94. The van der Waals surface area contributed by atoms with E-state index in [1.165, 1.54) is 0 Å². The molecule has 1 heterocycles. The first-order valence-corrected chi connectivity index (χ1v) is 5.08. The molecule has 1 atom stereocenters.